The van der Waals surface area contributed by atoms with Crippen LogP contribution in [-0.2, 0) is 6.54 Å². The van der Waals surface area contributed by atoms with Crippen molar-refractivity contribution < 1.29 is 9.13 Å². The summed E-state index contributed by atoms with van der Waals surface area (Å²) >= 11 is 1.57. The maximum Gasteiger partial charge on any atom is 0.191 e. The molecule has 0 fully saturated rings. The zero-order chi connectivity index (χ0) is 15.2. The summed E-state index contributed by atoms with van der Waals surface area (Å²) in [6, 6.07) is 6.25. The van der Waals surface area contributed by atoms with Gasteiger partial charge in [0.2, 0.25) is 0 Å². The third kappa shape index (κ3) is 4.18. The summed E-state index contributed by atoms with van der Waals surface area (Å²) in [7, 11) is 0. The largest absolute Gasteiger partial charge is 0.493 e. The monoisotopic (exact) mass is 310 g/mol. The molecular formula is C14H19FN4OS. The van der Waals surface area contributed by atoms with Crippen LogP contribution in [0.25, 0.3) is 0 Å². The first-order valence-corrected chi connectivity index (χ1v) is 7.75. The Balaban J connectivity index is 1.86. The second-order valence-electron chi connectivity index (χ2n) is 4.72. The predicted octanol–water partition coefficient (Wildman–Crippen LogP) is 2.63. The van der Waals surface area contributed by atoms with E-state index in [4.69, 9.17) is 10.5 Å². The van der Waals surface area contributed by atoms with Gasteiger partial charge in [-0.3, -0.25) is 0 Å². The number of hydrogen-bond acceptors (Lipinski definition) is 5. The zero-order valence-electron chi connectivity index (χ0n) is 12.1. The van der Waals surface area contributed by atoms with E-state index in [0.29, 0.717) is 18.9 Å². The molecule has 0 atom stereocenters. The number of halogens is 1. The van der Waals surface area contributed by atoms with Crippen LogP contribution in [0.4, 0.5) is 4.39 Å². The molecule has 1 aromatic carbocycles. The van der Waals surface area contributed by atoms with Crippen LogP contribution in [0.3, 0.4) is 0 Å². The summed E-state index contributed by atoms with van der Waals surface area (Å²) in [5, 5.41) is 9.08. The van der Waals surface area contributed by atoms with Crippen molar-refractivity contribution in [1.82, 2.24) is 14.8 Å². The number of thioether (sulfide) groups is 1. The van der Waals surface area contributed by atoms with E-state index < -0.39 is 0 Å². The van der Waals surface area contributed by atoms with Crippen molar-refractivity contribution in [2.75, 3.05) is 12.4 Å². The first-order chi connectivity index (χ1) is 10.1. The van der Waals surface area contributed by atoms with Crippen LogP contribution < -0.4 is 10.5 Å². The molecule has 7 heteroatoms. The Morgan fingerprint density at radius 2 is 2.00 bits per heavy atom. The average Bonchev–Trinajstić information content (AvgIpc) is 2.88. The van der Waals surface area contributed by atoms with Gasteiger partial charge in [0.05, 0.1) is 13.2 Å². The minimum absolute atomic E-state index is 0.263. The Hall–Kier alpha value is -1.60. The summed E-state index contributed by atoms with van der Waals surface area (Å²) in [5.74, 6) is 1.90. The molecule has 114 valence electrons. The number of hydrogen-bond donors (Lipinski definition) is 1. The van der Waals surface area contributed by atoms with E-state index in [-0.39, 0.29) is 11.9 Å². The minimum atomic E-state index is -0.268. The third-order valence-electron chi connectivity index (χ3n) is 2.83. The molecule has 0 aliphatic heterocycles. The first kappa shape index (κ1) is 15.8. The lowest BCUT2D eigenvalue weighted by Crippen LogP contribution is -2.11. The number of ether oxygens (including phenoxy) is 1. The Labute approximate surface area is 127 Å². The highest BCUT2D eigenvalue weighted by Crippen LogP contribution is 2.21. The van der Waals surface area contributed by atoms with E-state index in [1.54, 1.807) is 23.9 Å². The summed E-state index contributed by atoms with van der Waals surface area (Å²) in [5.41, 5.74) is 5.66. The Kier molecular flexibility index (Phi) is 5.58. The average molecular weight is 310 g/mol. The number of rotatable bonds is 7. The van der Waals surface area contributed by atoms with Crippen molar-refractivity contribution in [2.24, 2.45) is 5.73 Å². The highest BCUT2D eigenvalue weighted by molar-refractivity contribution is 7.99. The summed E-state index contributed by atoms with van der Waals surface area (Å²) in [6.07, 6.45) is 0. The van der Waals surface area contributed by atoms with Crippen LogP contribution in [0.2, 0.25) is 0 Å². The quantitative estimate of drug-likeness (QED) is 0.629. The van der Waals surface area contributed by atoms with Gasteiger partial charge in [0.1, 0.15) is 17.4 Å². The third-order valence-corrected chi connectivity index (χ3v) is 3.74. The van der Waals surface area contributed by atoms with Gasteiger partial charge in [-0.25, -0.2) is 4.39 Å². The highest BCUT2D eigenvalue weighted by atomic mass is 32.2. The predicted molar refractivity (Wildman–Crippen MR) is 80.9 cm³/mol. The van der Waals surface area contributed by atoms with Crippen LogP contribution in [0.15, 0.2) is 29.4 Å². The number of benzene rings is 1. The molecule has 0 bridgehead atoms. The van der Waals surface area contributed by atoms with Gasteiger partial charge in [0.25, 0.3) is 0 Å². The van der Waals surface area contributed by atoms with Gasteiger partial charge in [0, 0.05) is 11.8 Å². The molecular weight excluding hydrogens is 291 g/mol. The number of aromatic nitrogens is 3. The topological polar surface area (TPSA) is 66.0 Å². The SMILES string of the molecule is CC(C)n1c(CN)nnc1SCCOc1ccc(F)cc1. The molecule has 0 saturated carbocycles. The number of nitrogens with zero attached hydrogens (tertiary/aromatic N) is 3. The number of nitrogens with two attached hydrogens (primary N) is 1. The van der Waals surface area contributed by atoms with Crippen LogP contribution >= 0.6 is 11.8 Å². The molecule has 5 nitrogen and oxygen atoms in total. The molecule has 0 aliphatic rings. The van der Waals surface area contributed by atoms with Gasteiger partial charge < -0.3 is 15.0 Å². The van der Waals surface area contributed by atoms with Gasteiger partial charge in [-0.2, -0.15) is 0 Å². The van der Waals surface area contributed by atoms with Gasteiger partial charge in [-0.1, -0.05) is 11.8 Å². The highest BCUT2D eigenvalue weighted by Gasteiger charge is 2.13. The standard InChI is InChI=1S/C14H19FN4OS/c1-10(2)19-13(9-16)17-18-14(19)21-8-7-20-12-5-3-11(15)4-6-12/h3-6,10H,7-9,16H2,1-2H3. The minimum Gasteiger partial charge on any atom is -0.493 e. The Morgan fingerprint density at radius 1 is 1.29 bits per heavy atom. The lowest BCUT2D eigenvalue weighted by atomic mass is 10.3. The van der Waals surface area contributed by atoms with Crippen LogP contribution in [0, 0.1) is 5.82 Å². The second-order valence-corrected chi connectivity index (χ2v) is 5.78. The van der Waals surface area contributed by atoms with Gasteiger partial charge in [-0.15, -0.1) is 10.2 Å². The summed E-state index contributed by atoms with van der Waals surface area (Å²) < 4.78 is 20.3. The molecule has 2 rings (SSSR count). The molecule has 2 N–H and O–H groups in total. The first-order valence-electron chi connectivity index (χ1n) is 6.77. The van der Waals surface area contributed by atoms with Crippen molar-refractivity contribution in [3.8, 4) is 5.75 Å². The van der Waals surface area contributed by atoms with E-state index in [1.807, 2.05) is 4.57 Å². The summed E-state index contributed by atoms with van der Waals surface area (Å²) in [6.45, 7) is 5.03. The van der Waals surface area contributed by atoms with Crippen LogP contribution in [0.5, 0.6) is 5.75 Å². The van der Waals surface area contributed by atoms with Crippen molar-refractivity contribution in [2.45, 2.75) is 31.6 Å². The second kappa shape index (κ2) is 7.42. The van der Waals surface area contributed by atoms with E-state index in [9.17, 15) is 4.39 Å². The molecule has 2 aromatic rings. The van der Waals surface area contributed by atoms with Crippen LogP contribution in [0.1, 0.15) is 25.7 Å². The molecule has 1 aromatic heterocycles. The van der Waals surface area contributed by atoms with E-state index in [1.165, 1.54) is 12.1 Å². The molecule has 0 saturated heterocycles. The normalized spacial score (nSPS) is 11.1. The maximum atomic E-state index is 12.8. The van der Waals surface area contributed by atoms with E-state index >= 15 is 0 Å². The van der Waals surface area contributed by atoms with Gasteiger partial charge in [0.15, 0.2) is 5.16 Å². The summed E-state index contributed by atoms with van der Waals surface area (Å²) in [4.78, 5) is 0. The molecule has 0 radical (unpaired) electrons. The fraction of sp³-hybridized carbons (Fsp3) is 0.429. The lowest BCUT2D eigenvalue weighted by Gasteiger charge is -2.12. The molecule has 0 aliphatic carbocycles. The molecule has 0 amide bonds. The molecule has 21 heavy (non-hydrogen) atoms. The van der Waals surface area contributed by atoms with Crippen molar-refractivity contribution in [1.29, 1.82) is 0 Å². The van der Waals surface area contributed by atoms with Gasteiger partial charge >= 0.3 is 0 Å². The van der Waals surface area contributed by atoms with E-state index in [2.05, 4.69) is 24.0 Å². The Morgan fingerprint density at radius 3 is 2.62 bits per heavy atom. The molecule has 0 unspecified atom stereocenters. The van der Waals surface area contributed by atoms with Crippen molar-refractivity contribution in [3.63, 3.8) is 0 Å². The molecule has 1 heterocycles. The van der Waals surface area contributed by atoms with Crippen molar-refractivity contribution >= 4 is 11.8 Å². The zero-order valence-corrected chi connectivity index (χ0v) is 12.9. The van der Waals surface area contributed by atoms with Crippen LogP contribution in [-0.4, -0.2) is 27.1 Å². The maximum absolute atomic E-state index is 12.8. The fourth-order valence-corrected chi connectivity index (χ4v) is 2.79. The van der Waals surface area contributed by atoms with E-state index in [0.717, 1.165) is 16.7 Å². The van der Waals surface area contributed by atoms with Gasteiger partial charge in [-0.05, 0) is 38.1 Å². The Bertz CT molecular complexity index is 571. The molecule has 0 spiro atoms. The lowest BCUT2D eigenvalue weighted by molar-refractivity contribution is 0.343. The van der Waals surface area contributed by atoms with Crippen molar-refractivity contribution in [3.05, 3.63) is 35.9 Å². The fourth-order valence-electron chi connectivity index (χ4n) is 1.89. The smallest absolute Gasteiger partial charge is 0.191 e.